The van der Waals surface area contributed by atoms with Crippen molar-refractivity contribution in [3.63, 3.8) is 0 Å². The van der Waals surface area contributed by atoms with Gasteiger partial charge in [-0.05, 0) is 97.6 Å². The molecule has 0 aliphatic carbocycles. The summed E-state index contributed by atoms with van der Waals surface area (Å²) in [6.45, 7) is 8.89. The fourth-order valence-corrected chi connectivity index (χ4v) is 5.39. The standard InChI is InChI=1S/C38H35N3O5/c1-4-9-31-20-28(22-36(43-5-2)37(31)44-24-27-13-19-34-35(21-27)46-25-45-34)23-39-40-38(42)30-14-16-32(17-15-30)41-26(3)12-18-33(41)29-10-7-6-8-11-29/h4,6-8,10-23H,1,5,9,24-25H2,2-3H3,(H,40,42)/b39-23+. The number of rotatable bonds is 12. The van der Waals surface area contributed by atoms with Crippen molar-refractivity contribution in [2.45, 2.75) is 26.9 Å². The second-order valence-electron chi connectivity index (χ2n) is 10.7. The zero-order chi connectivity index (χ0) is 31.9. The van der Waals surface area contributed by atoms with Gasteiger partial charge < -0.3 is 23.5 Å². The van der Waals surface area contributed by atoms with Gasteiger partial charge in [-0.15, -0.1) is 6.58 Å². The van der Waals surface area contributed by atoms with Crippen molar-refractivity contribution in [1.82, 2.24) is 9.99 Å². The summed E-state index contributed by atoms with van der Waals surface area (Å²) in [5.41, 5.74) is 10.0. The van der Waals surface area contributed by atoms with E-state index in [-0.39, 0.29) is 12.7 Å². The maximum atomic E-state index is 13.0. The van der Waals surface area contributed by atoms with E-state index in [1.165, 1.54) is 0 Å². The number of ether oxygens (including phenoxy) is 4. The number of aromatic nitrogens is 1. The number of nitrogens with zero attached hydrogens (tertiary/aromatic N) is 2. The van der Waals surface area contributed by atoms with E-state index < -0.39 is 0 Å². The number of hydrogen-bond donors (Lipinski definition) is 1. The van der Waals surface area contributed by atoms with Crippen molar-refractivity contribution in [1.29, 1.82) is 0 Å². The maximum absolute atomic E-state index is 13.0. The summed E-state index contributed by atoms with van der Waals surface area (Å²) in [5, 5.41) is 4.24. The summed E-state index contributed by atoms with van der Waals surface area (Å²) in [6, 6.07) is 31.5. The molecule has 4 aromatic carbocycles. The molecule has 6 rings (SSSR count). The Morgan fingerprint density at radius 3 is 2.54 bits per heavy atom. The van der Waals surface area contributed by atoms with Crippen LogP contribution in [-0.2, 0) is 13.0 Å². The van der Waals surface area contributed by atoms with Crippen LogP contribution in [0.1, 0.15) is 39.7 Å². The van der Waals surface area contributed by atoms with E-state index in [0.717, 1.165) is 45.1 Å². The van der Waals surface area contributed by atoms with Crippen LogP contribution in [-0.4, -0.2) is 30.1 Å². The number of carbonyl (C=O) groups excluding carboxylic acids is 1. The summed E-state index contributed by atoms with van der Waals surface area (Å²) >= 11 is 0. The molecule has 0 atom stereocenters. The Morgan fingerprint density at radius 1 is 0.957 bits per heavy atom. The molecular formula is C38H35N3O5. The highest BCUT2D eigenvalue weighted by Crippen LogP contribution is 2.36. The Morgan fingerprint density at radius 2 is 1.76 bits per heavy atom. The van der Waals surface area contributed by atoms with Gasteiger partial charge in [0, 0.05) is 22.5 Å². The van der Waals surface area contributed by atoms with Crippen LogP contribution < -0.4 is 24.4 Å². The van der Waals surface area contributed by atoms with Gasteiger partial charge >= 0.3 is 0 Å². The Balaban J connectivity index is 1.15. The summed E-state index contributed by atoms with van der Waals surface area (Å²) in [5.74, 6) is 2.34. The second kappa shape index (κ2) is 13.9. The molecule has 232 valence electrons. The van der Waals surface area contributed by atoms with Gasteiger partial charge in [-0.2, -0.15) is 5.10 Å². The maximum Gasteiger partial charge on any atom is 0.271 e. The first-order valence-corrected chi connectivity index (χ1v) is 15.1. The van der Waals surface area contributed by atoms with Gasteiger partial charge in [0.2, 0.25) is 6.79 Å². The summed E-state index contributed by atoms with van der Waals surface area (Å²) in [6.07, 6.45) is 3.96. The van der Waals surface area contributed by atoms with Gasteiger partial charge in [0.15, 0.2) is 23.0 Å². The third-order valence-corrected chi connectivity index (χ3v) is 7.55. The molecule has 1 aliphatic rings. The molecule has 8 nitrogen and oxygen atoms in total. The summed E-state index contributed by atoms with van der Waals surface area (Å²) in [4.78, 5) is 13.0. The van der Waals surface area contributed by atoms with Gasteiger partial charge in [-0.25, -0.2) is 5.43 Å². The van der Waals surface area contributed by atoms with Crippen LogP contribution in [0.5, 0.6) is 23.0 Å². The molecule has 5 aromatic rings. The summed E-state index contributed by atoms with van der Waals surface area (Å²) in [7, 11) is 0. The fourth-order valence-electron chi connectivity index (χ4n) is 5.39. The molecule has 0 saturated heterocycles. The van der Waals surface area contributed by atoms with E-state index in [2.05, 4.69) is 52.9 Å². The van der Waals surface area contributed by atoms with Crippen LogP contribution in [0.15, 0.2) is 115 Å². The Labute approximate surface area is 268 Å². The van der Waals surface area contributed by atoms with E-state index >= 15 is 0 Å². The number of hydrazone groups is 1. The van der Waals surface area contributed by atoms with E-state index in [1.807, 2.05) is 73.7 Å². The molecule has 1 aliphatic heterocycles. The van der Waals surface area contributed by atoms with Crippen LogP contribution in [0.2, 0.25) is 0 Å². The number of benzene rings is 4. The van der Waals surface area contributed by atoms with Gasteiger partial charge in [0.05, 0.1) is 18.5 Å². The van der Waals surface area contributed by atoms with Crippen molar-refractivity contribution in [2.24, 2.45) is 5.10 Å². The lowest BCUT2D eigenvalue weighted by Gasteiger charge is -2.17. The van der Waals surface area contributed by atoms with E-state index in [4.69, 9.17) is 18.9 Å². The second-order valence-corrected chi connectivity index (χ2v) is 10.7. The zero-order valence-electron chi connectivity index (χ0n) is 25.9. The van der Waals surface area contributed by atoms with Crippen LogP contribution >= 0.6 is 0 Å². The molecule has 0 spiro atoms. The number of nitrogens with one attached hydrogen (secondary N) is 1. The van der Waals surface area contributed by atoms with E-state index in [9.17, 15) is 4.79 Å². The molecule has 8 heteroatoms. The van der Waals surface area contributed by atoms with Crippen molar-refractivity contribution in [2.75, 3.05) is 13.4 Å². The van der Waals surface area contributed by atoms with Crippen molar-refractivity contribution >= 4 is 12.1 Å². The molecule has 0 saturated carbocycles. The van der Waals surface area contributed by atoms with Crippen LogP contribution in [0.25, 0.3) is 16.9 Å². The number of hydrogen-bond acceptors (Lipinski definition) is 6. The average molecular weight is 614 g/mol. The molecule has 1 N–H and O–H groups in total. The first kappa shape index (κ1) is 30.3. The Bertz CT molecular complexity index is 1880. The molecule has 2 heterocycles. The van der Waals surface area contributed by atoms with Crippen LogP contribution in [0.4, 0.5) is 0 Å². The lowest BCUT2D eigenvalue weighted by molar-refractivity contribution is 0.0955. The Hall–Kier alpha value is -5.76. The number of fused-ring (bicyclic) bond motifs is 1. The molecule has 1 aromatic heterocycles. The van der Waals surface area contributed by atoms with Crippen molar-refractivity contribution in [3.05, 3.63) is 138 Å². The predicted molar refractivity (Wildman–Crippen MR) is 179 cm³/mol. The molecule has 0 radical (unpaired) electrons. The minimum Gasteiger partial charge on any atom is -0.490 e. The minimum absolute atomic E-state index is 0.220. The molecule has 0 fully saturated rings. The third-order valence-electron chi connectivity index (χ3n) is 7.55. The zero-order valence-corrected chi connectivity index (χ0v) is 25.9. The van der Waals surface area contributed by atoms with E-state index in [1.54, 1.807) is 18.3 Å². The largest absolute Gasteiger partial charge is 0.490 e. The predicted octanol–water partition coefficient (Wildman–Crippen LogP) is 7.65. The lowest BCUT2D eigenvalue weighted by atomic mass is 10.1. The van der Waals surface area contributed by atoms with Crippen LogP contribution in [0.3, 0.4) is 0 Å². The van der Waals surface area contributed by atoms with Gasteiger partial charge in [0.25, 0.3) is 5.91 Å². The third kappa shape index (κ3) is 6.66. The first-order chi connectivity index (χ1) is 22.5. The normalized spacial score (nSPS) is 11.9. The Kier molecular flexibility index (Phi) is 9.15. The lowest BCUT2D eigenvalue weighted by Crippen LogP contribution is -2.17. The SMILES string of the molecule is C=CCc1cc(/C=N/NC(=O)c2ccc(-n3c(C)ccc3-c3ccccc3)cc2)cc(OCC)c1OCc1ccc2c(c1)OCO2. The van der Waals surface area contributed by atoms with Gasteiger partial charge in [0.1, 0.15) is 6.61 Å². The molecule has 1 amide bonds. The highest BCUT2D eigenvalue weighted by molar-refractivity contribution is 5.95. The van der Waals surface area contributed by atoms with E-state index in [0.29, 0.717) is 42.4 Å². The highest BCUT2D eigenvalue weighted by atomic mass is 16.7. The molecular weight excluding hydrogens is 578 g/mol. The average Bonchev–Trinajstić information content (AvgIpc) is 3.71. The topological polar surface area (TPSA) is 83.3 Å². The quantitative estimate of drug-likeness (QED) is 0.0888. The molecule has 46 heavy (non-hydrogen) atoms. The number of allylic oxidation sites excluding steroid dienone is 1. The van der Waals surface area contributed by atoms with Gasteiger partial charge in [-0.1, -0.05) is 42.5 Å². The molecule has 0 bridgehead atoms. The van der Waals surface area contributed by atoms with Crippen molar-refractivity contribution < 1.29 is 23.7 Å². The number of aryl methyl sites for hydroxylation is 1. The first-order valence-electron chi connectivity index (χ1n) is 15.1. The highest BCUT2D eigenvalue weighted by Gasteiger charge is 2.17. The summed E-state index contributed by atoms with van der Waals surface area (Å²) < 4.78 is 25.3. The number of carbonyl (C=O) groups is 1. The minimum atomic E-state index is -0.310. The fraction of sp³-hybridized carbons (Fsp3) is 0.158. The monoisotopic (exact) mass is 613 g/mol. The smallest absolute Gasteiger partial charge is 0.271 e. The molecule has 0 unspecified atom stereocenters. The van der Waals surface area contributed by atoms with Crippen LogP contribution in [0, 0.1) is 6.92 Å². The van der Waals surface area contributed by atoms with Gasteiger partial charge in [-0.3, -0.25) is 4.79 Å². The number of amides is 1. The van der Waals surface area contributed by atoms with Crippen molar-refractivity contribution in [3.8, 4) is 39.9 Å².